The van der Waals surface area contributed by atoms with E-state index in [2.05, 4.69) is 22.4 Å². The number of benzene rings is 1. The Balaban J connectivity index is 1.56. The maximum Gasteiger partial charge on any atom is 0.247 e. The van der Waals surface area contributed by atoms with Crippen LogP contribution >= 0.6 is 0 Å². The molecule has 1 aliphatic carbocycles. The molecule has 1 aromatic heterocycles. The molecule has 4 heteroatoms. The highest BCUT2D eigenvalue weighted by Crippen LogP contribution is 2.40. The molecule has 2 aromatic rings. The van der Waals surface area contributed by atoms with Crippen LogP contribution in [0.15, 0.2) is 34.7 Å². The van der Waals surface area contributed by atoms with Crippen molar-refractivity contribution in [3.05, 3.63) is 36.2 Å². The molecule has 4 nitrogen and oxygen atoms in total. The van der Waals surface area contributed by atoms with E-state index in [1.165, 1.54) is 32.1 Å². The van der Waals surface area contributed by atoms with Crippen molar-refractivity contribution < 1.29 is 4.42 Å². The summed E-state index contributed by atoms with van der Waals surface area (Å²) in [6, 6.07) is 9.89. The maximum absolute atomic E-state index is 5.72. The molecule has 112 valence electrons. The Morgan fingerprint density at radius 3 is 2.62 bits per heavy atom. The molecule has 1 fully saturated rings. The van der Waals surface area contributed by atoms with Crippen molar-refractivity contribution in [1.82, 2.24) is 15.5 Å². The highest BCUT2D eigenvalue weighted by atomic mass is 16.4. The van der Waals surface area contributed by atoms with E-state index in [1.807, 2.05) is 30.3 Å². The first-order chi connectivity index (χ1) is 10.3. The third-order valence-electron chi connectivity index (χ3n) is 4.68. The van der Waals surface area contributed by atoms with Gasteiger partial charge in [-0.05, 0) is 36.8 Å². The lowest BCUT2D eigenvalue weighted by atomic mass is 9.83. The van der Waals surface area contributed by atoms with Gasteiger partial charge in [-0.1, -0.05) is 38.0 Å². The predicted octanol–water partition coefficient (Wildman–Crippen LogP) is 3.80. The van der Waals surface area contributed by atoms with Gasteiger partial charge in [0, 0.05) is 12.1 Å². The second kappa shape index (κ2) is 6.39. The minimum atomic E-state index is 0.488. The van der Waals surface area contributed by atoms with E-state index in [4.69, 9.17) is 4.42 Å². The molecule has 1 aliphatic rings. The van der Waals surface area contributed by atoms with Gasteiger partial charge >= 0.3 is 0 Å². The van der Waals surface area contributed by atoms with Gasteiger partial charge in [0.05, 0.1) is 6.54 Å². The van der Waals surface area contributed by atoms with Gasteiger partial charge in [0.2, 0.25) is 11.8 Å². The van der Waals surface area contributed by atoms with Crippen LogP contribution in [0, 0.1) is 5.41 Å². The van der Waals surface area contributed by atoms with E-state index in [1.54, 1.807) is 0 Å². The van der Waals surface area contributed by atoms with Crippen LogP contribution in [0.25, 0.3) is 11.5 Å². The molecule has 0 radical (unpaired) electrons. The highest BCUT2D eigenvalue weighted by molar-refractivity contribution is 5.51. The van der Waals surface area contributed by atoms with Gasteiger partial charge in [-0.3, -0.25) is 0 Å². The molecular formula is C17H23N3O. The van der Waals surface area contributed by atoms with E-state index in [0.29, 0.717) is 23.7 Å². The SMILES string of the molecule is CCC1(CNCc2nnc(-c3ccccc3)o2)CCCC1. The standard InChI is InChI=1S/C17H23N3O/c1-2-17(10-6-7-11-17)13-18-12-15-19-20-16(21-15)14-8-4-3-5-9-14/h3-5,8-9,18H,2,6-7,10-13H2,1H3. The summed E-state index contributed by atoms with van der Waals surface area (Å²) in [5.41, 5.74) is 1.46. The number of hydrogen-bond donors (Lipinski definition) is 1. The average molecular weight is 285 g/mol. The van der Waals surface area contributed by atoms with Gasteiger partial charge in [-0.2, -0.15) is 0 Å². The van der Waals surface area contributed by atoms with Crippen LogP contribution in [-0.2, 0) is 6.54 Å². The van der Waals surface area contributed by atoms with E-state index in [0.717, 1.165) is 12.1 Å². The molecule has 3 rings (SSSR count). The third-order valence-corrected chi connectivity index (χ3v) is 4.68. The Morgan fingerprint density at radius 1 is 1.14 bits per heavy atom. The Kier molecular flexibility index (Phi) is 4.34. The molecule has 0 bridgehead atoms. The fourth-order valence-corrected chi connectivity index (χ4v) is 3.24. The van der Waals surface area contributed by atoms with E-state index >= 15 is 0 Å². The van der Waals surface area contributed by atoms with Gasteiger partial charge in [0.25, 0.3) is 0 Å². The van der Waals surface area contributed by atoms with Crippen molar-refractivity contribution in [2.75, 3.05) is 6.54 Å². The molecule has 21 heavy (non-hydrogen) atoms. The molecule has 1 N–H and O–H groups in total. The van der Waals surface area contributed by atoms with Crippen molar-refractivity contribution in [2.45, 2.75) is 45.6 Å². The summed E-state index contributed by atoms with van der Waals surface area (Å²) in [5, 5.41) is 11.7. The number of aromatic nitrogens is 2. The maximum atomic E-state index is 5.72. The fraction of sp³-hybridized carbons (Fsp3) is 0.529. The molecule has 1 saturated carbocycles. The summed E-state index contributed by atoms with van der Waals surface area (Å²) in [4.78, 5) is 0. The monoisotopic (exact) mass is 285 g/mol. The van der Waals surface area contributed by atoms with Crippen LogP contribution in [0.1, 0.15) is 44.9 Å². The molecular weight excluding hydrogens is 262 g/mol. The summed E-state index contributed by atoms with van der Waals surface area (Å²) in [7, 11) is 0. The quantitative estimate of drug-likeness (QED) is 0.877. The Bertz CT molecular complexity index is 558. The van der Waals surface area contributed by atoms with Gasteiger partial charge in [0.1, 0.15) is 0 Å². The van der Waals surface area contributed by atoms with Crippen LogP contribution in [0.3, 0.4) is 0 Å². The number of rotatable bonds is 6. The molecule has 1 heterocycles. The Labute approximate surface area is 126 Å². The lowest BCUT2D eigenvalue weighted by Crippen LogP contribution is -2.31. The van der Waals surface area contributed by atoms with Crippen molar-refractivity contribution in [3.63, 3.8) is 0 Å². The molecule has 1 aromatic carbocycles. The summed E-state index contributed by atoms with van der Waals surface area (Å²) in [5.74, 6) is 1.26. The highest BCUT2D eigenvalue weighted by Gasteiger charge is 2.31. The molecule has 0 aliphatic heterocycles. The zero-order valence-corrected chi connectivity index (χ0v) is 12.6. The van der Waals surface area contributed by atoms with Gasteiger partial charge < -0.3 is 9.73 Å². The van der Waals surface area contributed by atoms with Gasteiger partial charge in [-0.15, -0.1) is 10.2 Å². The van der Waals surface area contributed by atoms with Crippen LogP contribution in [0.2, 0.25) is 0 Å². The summed E-state index contributed by atoms with van der Waals surface area (Å²) in [6.07, 6.45) is 6.67. The van der Waals surface area contributed by atoms with Crippen LogP contribution in [-0.4, -0.2) is 16.7 Å². The summed E-state index contributed by atoms with van der Waals surface area (Å²) in [6.45, 7) is 4.00. The van der Waals surface area contributed by atoms with Gasteiger partial charge in [-0.25, -0.2) is 0 Å². The number of nitrogens with zero attached hydrogens (tertiary/aromatic N) is 2. The minimum absolute atomic E-state index is 0.488. The van der Waals surface area contributed by atoms with Crippen molar-refractivity contribution in [1.29, 1.82) is 0 Å². The fourth-order valence-electron chi connectivity index (χ4n) is 3.24. The first-order valence-electron chi connectivity index (χ1n) is 7.90. The molecule has 0 amide bonds. The lowest BCUT2D eigenvalue weighted by Gasteiger charge is -2.27. The van der Waals surface area contributed by atoms with Crippen molar-refractivity contribution >= 4 is 0 Å². The Hall–Kier alpha value is -1.68. The van der Waals surface area contributed by atoms with Crippen LogP contribution in [0.4, 0.5) is 0 Å². The van der Waals surface area contributed by atoms with E-state index in [9.17, 15) is 0 Å². The average Bonchev–Trinajstić information content (AvgIpc) is 3.18. The molecule has 0 spiro atoms. The summed E-state index contributed by atoms with van der Waals surface area (Å²) >= 11 is 0. The molecule has 0 saturated heterocycles. The van der Waals surface area contributed by atoms with Crippen molar-refractivity contribution in [2.24, 2.45) is 5.41 Å². The van der Waals surface area contributed by atoms with E-state index < -0.39 is 0 Å². The largest absolute Gasteiger partial charge is 0.419 e. The second-order valence-electron chi connectivity index (χ2n) is 6.03. The third kappa shape index (κ3) is 3.32. The van der Waals surface area contributed by atoms with Crippen LogP contribution < -0.4 is 5.32 Å². The van der Waals surface area contributed by atoms with E-state index in [-0.39, 0.29) is 0 Å². The molecule has 0 atom stereocenters. The molecule has 0 unspecified atom stereocenters. The predicted molar refractivity (Wildman–Crippen MR) is 82.6 cm³/mol. The second-order valence-corrected chi connectivity index (χ2v) is 6.03. The van der Waals surface area contributed by atoms with Gasteiger partial charge in [0.15, 0.2) is 0 Å². The first kappa shape index (κ1) is 14.3. The topological polar surface area (TPSA) is 51.0 Å². The van der Waals surface area contributed by atoms with Crippen LogP contribution in [0.5, 0.6) is 0 Å². The Morgan fingerprint density at radius 2 is 1.90 bits per heavy atom. The normalized spacial score (nSPS) is 17.2. The van der Waals surface area contributed by atoms with Crippen molar-refractivity contribution in [3.8, 4) is 11.5 Å². The number of hydrogen-bond acceptors (Lipinski definition) is 4. The smallest absolute Gasteiger partial charge is 0.247 e. The number of nitrogens with one attached hydrogen (secondary N) is 1. The lowest BCUT2D eigenvalue weighted by molar-refractivity contribution is 0.264. The zero-order chi connectivity index (χ0) is 14.5. The zero-order valence-electron chi connectivity index (χ0n) is 12.6. The minimum Gasteiger partial charge on any atom is -0.419 e. The summed E-state index contributed by atoms with van der Waals surface area (Å²) < 4.78 is 5.72. The first-order valence-corrected chi connectivity index (χ1v) is 7.90.